The van der Waals surface area contributed by atoms with E-state index < -0.39 is 5.25 Å². The number of hydrogen-bond donors (Lipinski definition) is 2. The van der Waals surface area contributed by atoms with Crippen molar-refractivity contribution < 1.29 is 9.59 Å². The number of rotatable bonds is 8. The molecule has 2 aromatic rings. The fourth-order valence-electron chi connectivity index (χ4n) is 4.05. The van der Waals surface area contributed by atoms with Gasteiger partial charge in [0.05, 0.1) is 10.9 Å². The lowest BCUT2D eigenvalue weighted by molar-refractivity contribution is -0.124. The Bertz CT molecular complexity index is 935. The molecule has 1 fully saturated rings. The first kappa shape index (κ1) is 23.0. The molecule has 1 unspecified atom stereocenters. The highest BCUT2D eigenvalue weighted by Crippen LogP contribution is 2.38. The van der Waals surface area contributed by atoms with E-state index in [0.717, 1.165) is 50.5 Å². The highest BCUT2D eigenvalue weighted by molar-refractivity contribution is 8.01. The van der Waals surface area contributed by atoms with E-state index in [1.807, 2.05) is 6.07 Å². The van der Waals surface area contributed by atoms with Crippen molar-refractivity contribution in [2.75, 3.05) is 49.5 Å². The van der Waals surface area contributed by atoms with Gasteiger partial charge >= 0.3 is 0 Å². The number of benzene rings is 2. The Morgan fingerprint density at radius 2 is 1.88 bits per heavy atom. The Balaban J connectivity index is 1.10. The SMILES string of the molecule is O=C(CC1Sc2ccc(Cl)cc2NC1=O)NCCCCN1CCN(c2ccccc2)CC1. The van der Waals surface area contributed by atoms with Gasteiger partial charge in [0.1, 0.15) is 0 Å². The van der Waals surface area contributed by atoms with E-state index in [9.17, 15) is 9.59 Å². The number of fused-ring (bicyclic) bond motifs is 1. The van der Waals surface area contributed by atoms with Crippen LogP contribution in [0.25, 0.3) is 0 Å². The van der Waals surface area contributed by atoms with Gasteiger partial charge in [-0.3, -0.25) is 14.5 Å². The molecule has 0 bridgehead atoms. The predicted octanol–water partition coefficient (Wildman–Crippen LogP) is 3.86. The van der Waals surface area contributed by atoms with Crippen molar-refractivity contribution in [2.24, 2.45) is 0 Å². The molecule has 2 heterocycles. The van der Waals surface area contributed by atoms with E-state index in [-0.39, 0.29) is 18.2 Å². The minimum Gasteiger partial charge on any atom is -0.369 e. The monoisotopic (exact) mass is 472 g/mol. The van der Waals surface area contributed by atoms with Gasteiger partial charge in [-0.05, 0) is 49.7 Å². The number of halogens is 1. The van der Waals surface area contributed by atoms with Gasteiger partial charge in [0.25, 0.3) is 0 Å². The fraction of sp³-hybridized carbons (Fsp3) is 0.417. The van der Waals surface area contributed by atoms with Crippen LogP contribution in [0.4, 0.5) is 11.4 Å². The molecule has 1 saturated heterocycles. The molecule has 2 aliphatic rings. The van der Waals surface area contributed by atoms with Crippen molar-refractivity contribution in [3.8, 4) is 0 Å². The maximum atomic E-state index is 12.3. The van der Waals surface area contributed by atoms with Crippen LogP contribution in [-0.2, 0) is 9.59 Å². The smallest absolute Gasteiger partial charge is 0.238 e. The van der Waals surface area contributed by atoms with Crippen LogP contribution in [0.2, 0.25) is 5.02 Å². The second kappa shape index (κ2) is 11.1. The molecule has 8 heteroatoms. The maximum Gasteiger partial charge on any atom is 0.238 e. The van der Waals surface area contributed by atoms with E-state index in [2.05, 4.69) is 50.8 Å². The Labute approximate surface area is 198 Å². The molecule has 0 radical (unpaired) electrons. The lowest BCUT2D eigenvalue weighted by Crippen LogP contribution is -2.46. The number of piperazine rings is 1. The van der Waals surface area contributed by atoms with Gasteiger partial charge in [-0.2, -0.15) is 0 Å². The van der Waals surface area contributed by atoms with E-state index in [0.29, 0.717) is 17.3 Å². The molecule has 0 aliphatic carbocycles. The van der Waals surface area contributed by atoms with Gasteiger partial charge in [-0.1, -0.05) is 29.8 Å². The zero-order chi connectivity index (χ0) is 22.3. The number of unbranched alkanes of at least 4 members (excludes halogenated alkanes) is 1. The lowest BCUT2D eigenvalue weighted by atomic mass is 10.2. The van der Waals surface area contributed by atoms with Crippen molar-refractivity contribution in [2.45, 2.75) is 29.4 Å². The normalized spacial score (nSPS) is 18.7. The average Bonchev–Trinajstić information content (AvgIpc) is 2.80. The van der Waals surface area contributed by atoms with E-state index >= 15 is 0 Å². The Hall–Kier alpha value is -2.22. The van der Waals surface area contributed by atoms with Gasteiger partial charge in [0.2, 0.25) is 11.8 Å². The van der Waals surface area contributed by atoms with Gasteiger partial charge in [0.15, 0.2) is 0 Å². The summed E-state index contributed by atoms with van der Waals surface area (Å²) in [5, 5.41) is 5.99. The molecule has 1 atom stereocenters. The number of para-hydroxylation sites is 1. The van der Waals surface area contributed by atoms with Gasteiger partial charge in [-0.25, -0.2) is 0 Å². The quantitative estimate of drug-likeness (QED) is 0.571. The van der Waals surface area contributed by atoms with Gasteiger partial charge in [-0.15, -0.1) is 11.8 Å². The minimum atomic E-state index is -0.412. The molecule has 0 saturated carbocycles. The third kappa shape index (κ3) is 6.18. The fourth-order valence-corrected chi connectivity index (χ4v) is 5.32. The molecule has 0 spiro atoms. The summed E-state index contributed by atoms with van der Waals surface area (Å²) in [6, 6.07) is 16.0. The van der Waals surface area contributed by atoms with Crippen LogP contribution in [0.15, 0.2) is 53.4 Å². The minimum absolute atomic E-state index is 0.0773. The molecular weight excluding hydrogens is 444 g/mol. The molecule has 0 aromatic heterocycles. The average molecular weight is 473 g/mol. The second-order valence-corrected chi connectivity index (χ2v) is 9.84. The summed E-state index contributed by atoms with van der Waals surface area (Å²) < 4.78 is 0. The number of thioether (sulfide) groups is 1. The summed E-state index contributed by atoms with van der Waals surface area (Å²) in [7, 11) is 0. The summed E-state index contributed by atoms with van der Waals surface area (Å²) in [4.78, 5) is 30.5. The first-order valence-electron chi connectivity index (χ1n) is 11.1. The number of carbonyl (C=O) groups is 2. The number of anilines is 2. The van der Waals surface area contributed by atoms with Gasteiger partial charge < -0.3 is 15.5 Å². The van der Waals surface area contributed by atoms with Crippen molar-refractivity contribution >= 4 is 46.6 Å². The predicted molar refractivity (Wildman–Crippen MR) is 132 cm³/mol. The first-order valence-corrected chi connectivity index (χ1v) is 12.4. The second-order valence-electron chi connectivity index (χ2n) is 8.16. The van der Waals surface area contributed by atoms with Crippen molar-refractivity contribution in [3.05, 3.63) is 53.6 Å². The number of amides is 2. The number of carbonyl (C=O) groups excluding carboxylic acids is 2. The summed E-state index contributed by atoms with van der Waals surface area (Å²) in [6.45, 7) is 5.95. The molecule has 170 valence electrons. The highest BCUT2D eigenvalue weighted by Gasteiger charge is 2.29. The van der Waals surface area contributed by atoms with E-state index in [1.165, 1.54) is 17.4 Å². The van der Waals surface area contributed by atoms with Crippen molar-refractivity contribution in [3.63, 3.8) is 0 Å². The summed E-state index contributed by atoms with van der Waals surface area (Å²) in [5.74, 6) is -0.221. The number of nitrogens with zero attached hydrogens (tertiary/aromatic N) is 2. The molecule has 4 rings (SSSR count). The molecule has 2 N–H and O–H groups in total. The third-order valence-electron chi connectivity index (χ3n) is 5.85. The number of hydrogen-bond acceptors (Lipinski definition) is 5. The molecule has 2 amide bonds. The summed E-state index contributed by atoms with van der Waals surface area (Å²) >= 11 is 7.40. The number of nitrogens with one attached hydrogen (secondary N) is 2. The lowest BCUT2D eigenvalue weighted by Gasteiger charge is -2.36. The van der Waals surface area contributed by atoms with Crippen LogP contribution >= 0.6 is 23.4 Å². The van der Waals surface area contributed by atoms with E-state index in [4.69, 9.17) is 11.6 Å². The van der Waals surface area contributed by atoms with Crippen LogP contribution in [0, 0.1) is 0 Å². The molecule has 32 heavy (non-hydrogen) atoms. The van der Waals surface area contributed by atoms with Crippen LogP contribution in [0.3, 0.4) is 0 Å². The van der Waals surface area contributed by atoms with Gasteiger partial charge in [0, 0.05) is 54.8 Å². The van der Waals surface area contributed by atoms with Crippen molar-refractivity contribution in [1.82, 2.24) is 10.2 Å². The summed E-state index contributed by atoms with van der Waals surface area (Å²) in [6.07, 6.45) is 2.18. The molecule has 2 aromatic carbocycles. The van der Waals surface area contributed by atoms with Crippen LogP contribution in [0.5, 0.6) is 0 Å². The van der Waals surface area contributed by atoms with Crippen LogP contribution in [-0.4, -0.2) is 61.2 Å². The Morgan fingerprint density at radius 3 is 2.66 bits per heavy atom. The Kier molecular flexibility index (Phi) is 7.95. The zero-order valence-corrected chi connectivity index (χ0v) is 19.6. The molecular formula is C24H29ClN4O2S. The maximum absolute atomic E-state index is 12.3. The largest absolute Gasteiger partial charge is 0.369 e. The van der Waals surface area contributed by atoms with Crippen LogP contribution < -0.4 is 15.5 Å². The van der Waals surface area contributed by atoms with Crippen molar-refractivity contribution in [1.29, 1.82) is 0 Å². The molecule has 6 nitrogen and oxygen atoms in total. The Morgan fingerprint density at radius 1 is 1.09 bits per heavy atom. The first-order chi connectivity index (χ1) is 15.6. The summed E-state index contributed by atoms with van der Waals surface area (Å²) in [5.41, 5.74) is 2.01. The van der Waals surface area contributed by atoms with E-state index in [1.54, 1.807) is 12.1 Å². The highest BCUT2D eigenvalue weighted by atomic mass is 35.5. The standard InChI is InChI=1S/C24H29ClN4O2S/c25-18-8-9-21-20(16-18)27-24(31)22(32-21)17-23(30)26-10-4-5-11-28-12-14-29(15-13-28)19-6-2-1-3-7-19/h1-3,6-9,16,22H,4-5,10-15,17H2,(H,26,30)(H,27,31). The topological polar surface area (TPSA) is 64.7 Å². The molecule has 2 aliphatic heterocycles. The van der Waals surface area contributed by atoms with Crippen LogP contribution in [0.1, 0.15) is 19.3 Å². The third-order valence-corrected chi connectivity index (χ3v) is 7.36. The zero-order valence-electron chi connectivity index (χ0n) is 18.1.